The van der Waals surface area contributed by atoms with Crippen LogP contribution in [0, 0.1) is 26.6 Å². The molecule has 0 spiro atoms. The van der Waals surface area contributed by atoms with Crippen LogP contribution in [0.25, 0.3) is 0 Å². The summed E-state index contributed by atoms with van der Waals surface area (Å²) in [6, 6.07) is 4.00. The summed E-state index contributed by atoms with van der Waals surface area (Å²) in [5, 5.41) is 2.97. The first-order valence-corrected chi connectivity index (χ1v) is 8.31. The Morgan fingerprint density at radius 2 is 1.79 bits per heavy atom. The summed E-state index contributed by atoms with van der Waals surface area (Å²) in [7, 11) is 0. The van der Waals surface area contributed by atoms with Crippen molar-refractivity contribution < 1.29 is 14.0 Å². The van der Waals surface area contributed by atoms with Gasteiger partial charge in [-0.2, -0.15) is 0 Å². The molecule has 0 aliphatic rings. The number of halogens is 1. The third-order valence-electron chi connectivity index (χ3n) is 3.53. The van der Waals surface area contributed by atoms with Crippen LogP contribution in [0.15, 0.2) is 23.4 Å². The van der Waals surface area contributed by atoms with E-state index in [0.717, 1.165) is 23.0 Å². The van der Waals surface area contributed by atoms with E-state index in [4.69, 9.17) is 0 Å². The van der Waals surface area contributed by atoms with Crippen LogP contribution in [-0.2, 0) is 4.79 Å². The molecule has 0 aliphatic carbocycles. The largest absolute Gasteiger partial charge is 0.326 e. The molecule has 0 bridgehead atoms. The van der Waals surface area contributed by atoms with E-state index in [9.17, 15) is 14.0 Å². The molecular formula is C17H18FN3O2S. The Bertz CT molecular complexity index is 785. The van der Waals surface area contributed by atoms with Crippen molar-refractivity contribution in [2.24, 2.45) is 0 Å². The number of ketones is 1. The molecule has 1 aromatic carbocycles. The maximum atomic E-state index is 14.0. The lowest BCUT2D eigenvalue weighted by atomic mass is 10.1. The van der Waals surface area contributed by atoms with E-state index in [-0.39, 0.29) is 23.0 Å². The number of amides is 1. The summed E-state index contributed by atoms with van der Waals surface area (Å²) in [6.45, 7) is 7.04. The molecule has 0 fully saturated rings. The summed E-state index contributed by atoms with van der Waals surface area (Å²) in [4.78, 5) is 31.8. The third-order valence-corrected chi connectivity index (χ3v) is 4.38. The van der Waals surface area contributed by atoms with Crippen LogP contribution in [0.5, 0.6) is 0 Å². The normalized spacial score (nSPS) is 10.5. The lowest BCUT2D eigenvalue weighted by Crippen LogP contribution is -2.09. The van der Waals surface area contributed by atoms with Gasteiger partial charge in [0.1, 0.15) is 5.82 Å². The summed E-state index contributed by atoms with van der Waals surface area (Å²) < 4.78 is 14.0. The topological polar surface area (TPSA) is 72.0 Å². The van der Waals surface area contributed by atoms with Crippen LogP contribution < -0.4 is 5.32 Å². The number of aryl methyl sites for hydroxylation is 2. The van der Waals surface area contributed by atoms with Crippen LogP contribution in [0.4, 0.5) is 10.1 Å². The summed E-state index contributed by atoms with van der Waals surface area (Å²) >= 11 is 1.18. The molecule has 0 aliphatic heterocycles. The number of rotatable bonds is 5. The Balaban J connectivity index is 2.09. The minimum atomic E-state index is -0.663. The van der Waals surface area contributed by atoms with Gasteiger partial charge in [-0.05, 0) is 44.5 Å². The number of carbonyl (C=O) groups excluding carboxylic acids is 2. The van der Waals surface area contributed by atoms with Crippen LogP contribution in [0.3, 0.4) is 0 Å². The summed E-state index contributed by atoms with van der Waals surface area (Å²) in [6.07, 6.45) is 0. The van der Waals surface area contributed by atoms with Crippen molar-refractivity contribution in [3.8, 4) is 0 Å². The maximum Gasteiger partial charge on any atom is 0.221 e. The Morgan fingerprint density at radius 3 is 2.33 bits per heavy atom. The fourth-order valence-electron chi connectivity index (χ4n) is 2.04. The molecule has 2 rings (SSSR count). The SMILES string of the molecule is CC(=O)Nc1ccc(C(=O)CSc2nc(C)c(C)c(C)n2)c(F)c1. The molecule has 24 heavy (non-hydrogen) atoms. The highest BCUT2D eigenvalue weighted by Crippen LogP contribution is 2.21. The first-order chi connectivity index (χ1) is 11.3. The molecule has 1 N–H and O–H groups in total. The highest BCUT2D eigenvalue weighted by atomic mass is 32.2. The van der Waals surface area contributed by atoms with Crippen LogP contribution in [0.1, 0.15) is 34.2 Å². The predicted molar refractivity (Wildman–Crippen MR) is 92.0 cm³/mol. The number of carbonyl (C=O) groups is 2. The molecule has 1 amide bonds. The van der Waals surface area contributed by atoms with Gasteiger partial charge in [-0.15, -0.1) is 0 Å². The van der Waals surface area contributed by atoms with Crippen molar-refractivity contribution in [2.45, 2.75) is 32.9 Å². The number of aromatic nitrogens is 2. The molecule has 0 radical (unpaired) electrons. The van der Waals surface area contributed by atoms with Gasteiger partial charge in [-0.3, -0.25) is 9.59 Å². The predicted octanol–water partition coefficient (Wildman–Crippen LogP) is 3.47. The smallest absolute Gasteiger partial charge is 0.221 e. The van der Waals surface area contributed by atoms with E-state index in [0.29, 0.717) is 10.8 Å². The second kappa shape index (κ2) is 7.53. The van der Waals surface area contributed by atoms with E-state index < -0.39 is 5.82 Å². The van der Waals surface area contributed by atoms with Crippen molar-refractivity contribution >= 4 is 29.1 Å². The Hall–Kier alpha value is -2.28. The number of thioether (sulfide) groups is 1. The highest BCUT2D eigenvalue weighted by Gasteiger charge is 2.14. The number of hydrogen-bond donors (Lipinski definition) is 1. The second-order valence-corrected chi connectivity index (χ2v) is 6.33. The molecule has 126 valence electrons. The zero-order valence-corrected chi connectivity index (χ0v) is 14.8. The van der Waals surface area contributed by atoms with Crippen molar-refractivity contribution in [2.75, 3.05) is 11.1 Å². The molecule has 0 saturated carbocycles. The van der Waals surface area contributed by atoms with E-state index in [2.05, 4.69) is 15.3 Å². The molecule has 0 unspecified atom stereocenters. The monoisotopic (exact) mass is 347 g/mol. The standard InChI is InChI=1S/C17H18FN3O2S/c1-9-10(2)19-17(20-11(9)3)24-8-16(23)14-6-5-13(7-15(14)18)21-12(4)22/h5-7H,8H2,1-4H3,(H,21,22). The first kappa shape index (κ1) is 18.1. The zero-order chi connectivity index (χ0) is 17.9. The number of nitrogens with one attached hydrogen (secondary N) is 1. The number of hydrogen-bond acceptors (Lipinski definition) is 5. The quantitative estimate of drug-likeness (QED) is 0.509. The van der Waals surface area contributed by atoms with Crippen molar-refractivity contribution in [1.29, 1.82) is 0 Å². The molecule has 1 aromatic heterocycles. The number of anilines is 1. The molecule has 7 heteroatoms. The van der Waals surface area contributed by atoms with Gasteiger partial charge < -0.3 is 5.32 Å². The Kier molecular flexibility index (Phi) is 5.66. The van der Waals surface area contributed by atoms with Crippen LogP contribution >= 0.6 is 11.8 Å². The fraction of sp³-hybridized carbons (Fsp3) is 0.294. The molecular weight excluding hydrogens is 329 g/mol. The Morgan fingerprint density at radius 1 is 1.17 bits per heavy atom. The fourth-order valence-corrected chi connectivity index (χ4v) is 2.85. The first-order valence-electron chi connectivity index (χ1n) is 7.33. The van der Waals surface area contributed by atoms with Gasteiger partial charge in [-0.1, -0.05) is 11.8 Å². The van der Waals surface area contributed by atoms with Gasteiger partial charge >= 0.3 is 0 Å². The van der Waals surface area contributed by atoms with Gasteiger partial charge in [0.25, 0.3) is 0 Å². The number of Topliss-reactive ketones (excluding diaryl/α,β-unsaturated/α-hetero) is 1. The molecule has 2 aromatic rings. The van der Waals surface area contributed by atoms with Gasteiger partial charge in [0.05, 0.1) is 11.3 Å². The summed E-state index contributed by atoms with van der Waals surface area (Å²) in [5.74, 6) is -1.28. The Labute approximate surface area is 144 Å². The van der Waals surface area contributed by atoms with Gasteiger partial charge in [-0.25, -0.2) is 14.4 Å². The lowest BCUT2D eigenvalue weighted by molar-refractivity contribution is -0.114. The zero-order valence-electron chi connectivity index (χ0n) is 13.9. The second-order valence-electron chi connectivity index (χ2n) is 5.39. The highest BCUT2D eigenvalue weighted by molar-refractivity contribution is 7.99. The van der Waals surface area contributed by atoms with Crippen LogP contribution in [-0.4, -0.2) is 27.4 Å². The summed E-state index contributed by atoms with van der Waals surface area (Å²) in [5.41, 5.74) is 3.05. The molecule has 5 nitrogen and oxygen atoms in total. The average Bonchev–Trinajstić information content (AvgIpc) is 2.49. The minimum Gasteiger partial charge on any atom is -0.326 e. The van der Waals surface area contributed by atoms with E-state index in [1.54, 1.807) is 0 Å². The van der Waals surface area contributed by atoms with Gasteiger partial charge in [0, 0.05) is 24.0 Å². The van der Waals surface area contributed by atoms with Crippen molar-refractivity contribution in [3.05, 3.63) is 46.5 Å². The minimum absolute atomic E-state index is 0.0165. The van der Waals surface area contributed by atoms with Crippen molar-refractivity contribution in [1.82, 2.24) is 9.97 Å². The molecule has 0 atom stereocenters. The van der Waals surface area contributed by atoms with Gasteiger partial charge in [0.15, 0.2) is 10.9 Å². The van der Waals surface area contributed by atoms with E-state index in [1.165, 1.54) is 30.8 Å². The van der Waals surface area contributed by atoms with Gasteiger partial charge in [0.2, 0.25) is 5.91 Å². The lowest BCUT2D eigenvalue weighted by Gasteiger charge is -2.08. The van der Waals surface area contributed by atoms with Crippen molar-refractivity contribution in [3.63, 3.8) is 0 Å². The average molecular weight is 347 g/mol. The number of benzene rings is 1. The molecule has 1 heterocycles. The van der Waals surface area contributed by atoms with Crippen LogP contribution in [0.2, 0.25) is 0 Å². The van der Waals surface area contributed by atoms with E-state index >= 15 is 0 Å². The third kappa shape index (κ3) is 4.38. The molecule has 0 saturated heterocycles. The number of nitrogens with zero attached hydrogens (tertiary/aromatic N) is 2. The van der Waals surface area contributed by atoms with E-state index in [1.807, 2.05) is 20.8 Å². The maximum absolute atomic E-state index is 14.0.